The molecule has 0 aliphatic heterocycles. The molecule has 0 aliphatic rings. The first kappa shape index (κ1) is 22.5. The largest absolute Gasteiger partial charge is 0.452 e. The molecule has 0 unspecified atom stereocenters. The summed E-state index contributed by atoms with van der Waals surface area (Å²) in [6.45, 7) is 3.33. The fraction of sp³-hybridized carbons (Fsp3) is 0.148. The smallest absolute Gasteiger partial charge is 0.339 e. The number of esters is 1. The summed E-state index contributed by atoms with van der Waals surface area (Å²) in [4.78, 5) is 30.3. The number of rotatable bonds is 6. The third-order valence-electron chi connectivity index (χ3n) is 5.45. The second-order valence-corrected chi connectivity index (χ2v) is 8.20. The van der Waals surface area contributed by atoms with Crippen molar-refractivity contribution in [2.45, 2.75) is 19.9 Å². The molecule has 4 aromatic rings. The standard InChI is InChI=1S/C27H23ClN2O3/c1-17-25(27(32)33-16-24(31)29-18(2)19-9-4-3-5-10-19)22-13-6-7-14-23(22)30-26(17)20-11-8-12-21(28)15-20/h3-15,18H,16H2,1-2H3,(H,29,31)/t18-/m0/s1. The van der Waals surface area contributed by atoms with Gasteiger partial charge in [0, 0.05) is 16.0 Å². The number of nitrogens with zero attached hydrogens (tertiary/aromatic N) is 1. The molecule has 0 radical (unpaired) electrons. The van der Waals surface area contributed by atoms with Crippen LogP contribution in [-0.2, 0) is 9.53 Å². The van der Waals surface area contributed by atoms with E-state index in [-0.39, 0.29) is 18.6 Å². The van der Waals surface area contributed by atoms with Crippen molar-refractivity contribution >= 4 is 34.4 Å². The number of nitrogens with one attached hydrogen (secondary N) is 1. The fourth-order valence-corrected chi connectivity index (χ4v) is 3.99. The van der Waals surface area contributed by atoms with Crippen molar-refractivity contribution in [3.63, 3.8) is 0 Å². The highest BCUT2D eigenvalue weighted by Crippen LogP contribution is 2.31. The first-order valence-corrected chi connectivity index (χ1v) is 11.0. The van der Waals surface area contributed by atoms with Gasteiger partial charge in [-0.1, -0.05) is 72.3 Å². The second-order valence-electron chi connectivity index (χ2n) is 7.76. The van der Waals surface area contributed by atoms with Crippen LogP contribution < -0.4 is 5.32 Å². The normalized spacial score (nSPS) is 11.7. The van der Waals surface area contributed by atoms with Crippen molar-refractivity contribution in [2.24, 2.45) is 0 Å². The number of para-hydroxylation sites is 1. The summed E-state index contributed by atoms with van der Waals surface area (Å²) < 4.78 is 5.43. The lowest BCUT2D eigenvalue weighted by Crippen LogP contribution is -2.31. The SMILES string of the molecule is Cc1c(-c2cccc(Cl)c2)nc2ccccc2c1C(=O)OCC(=O)N[C@@H](C)c1ccccc1. The van der Waals surface area contributed by atoms with Crippen molar-refractivity contribution in [3.05, 3.63) is 101 Å². The van der Waals surface area contributed by atoms with Crippen LogP contribution in [0.4, 0.5) is 0 Å². The Morgan fingerprint density at radius 1 is 1.00 bits per heavy atom. The van der Waals surface area contributed by atoms with Gasteiger partial charge >= 0.3 is 5.97 Å². The molecule has 0 spiro atoms. The van der Waals surface area contributed by atoms with Crippen molar-refractivity contribution in [1.29, 1.82) is 0 Å². The monoisotopic (exact) mass is 458 g/mol. The maximum atomic E-state index is 13.1. The molecular formula is C27H23ClN2O3. The molecular weight excluding hydrogens is 436 g/mol. The van der Waals surface area contributed by atoms with Gasteiger partial charge in [-0.2, -0.15) is 0 Å². The predicted octanol–water partition coefficient (Wildman–Crippen LogP) is 5.90. The van der Waals surface area contributed by atoms with Crippen molar-refractivity contribution in [1.82, 2.24) is 10.3 Å². The maximum absolute atomic E-state index is 13.1. The third-order valence-corrected chi connectivity index (χ3v) is 5.68. The molecule has 33 heavy (non-hydrogen) atoms. The number of aromatic nitrogens is 1. The molecule has 4 rings (SSSR count). The van der Waals surface area contributed by atoms with Gasteiger partial charge in [0.1, 0.15) is 0 Å². The Bertz CT molecular complexity index is 1320. The van der Waals surface area contributed by atoms with Crippen LogP contribution in [0, 0.1) is 6.92 Å². The average Bonchev–Trinajstić information content (AvgIpc) is 2.82. The van der Waals surface area contributed by atoms with E-state index in [0.717, 1.165) is 11.1 Å². The summed E-state index contributed by atoms with van der Waals surface area (Å²) in [7, 11) is 0. The fourth-order valence-electron chi connectivity index (χ4n) is 3.80. The molecule has 0 bridgehead atoms. The number of pyridine rings is 1. The Labute approximate surface area is 197 Å². The molecule has 1 heterocycles. The highest BCUT2D eigenvalue weighted by atomic mass is 35.5. The summed E-state index contributed by atoms with van der Waals surface area (Å²) in [6, 6.07) is 24.1. The Morgan fingerprint density at radius 3 is 2.48 bits per heavy atom. The van der Waals surface area contributed by atoms with Crippen LogP contribution in [0.3, 0.4) is 0 Å². The van der Waals surface area contributed by atoms with E-state index in [1.54, 1.807) is 12.1 Å². The van der Waals surface area contributed by atoms with Crippen LogP contribution in [0.5, 0.6) is 0 Å². The van der Waals surface area contributed by atoms with Gasteiger partial charge in [-0.15, -0.1) is 0 Å². The molecule has 3 aromatic carbocycles. The zero-order chi connectivity index (χ0) is 23.4. The molecule has 0 fully saturated rings. The van der Waals surface area contributed by atoms with Crippen LogP contribution >= 0.6 is 11.6 Å². The molecule has 1 aromatic heterocycles. The number of hydrogen-bond acceptors (Lipinski definition) is 4. The molecule has 0 aliphatic carbocycles. The number of amides is 1. The third kappa shape index (κ3) is 5.04. The van der Waals surface area contributed by atoms with Crippen LogP contribution in [0.1, 0.15) is 34.5 Å². The van der Waals surface area contributed by atoms with E-state index in [0.29, 0.717) is 32.7 Å². The summed E-state index contributed by atoms with van der Waals surface area (Å²) in [5.41, 5.74) is 4.13. The van der Waals surface area contributed by atoms with E-state index < -0.39 is 5.97 Å². The number of ether oxygens (including phenoxy) is 1. The number of carbonyl (C=O) groups is 2. The molecule has 0 saturated heterocycles. The minimum absolute atomic E-state index is 0.199. The van der Waals surface area contributed by atoms with E-state index in [1.807, 2.05) is 80.6 Å². The van der Waals surface area contributed by atoms with Gasteiger partial charge in [0.2, 0.25) is 0 Å². The topological polar surface area (TPSA) is 68.3 Å². The van der Waals surface area contributed by atoms with Crippen molar-refractivity contribution in [3.8, 4) is 11.3 Å². The number of halogens is 1. The summed E-state index contributed by atoms with van der Waals surface area (Å²) in [5.74, 6) is -0.942. The highest BCUT2D eigenvalue weighted by molar-refractivity contribution is 6.30. The number of fused-ring (bicyclic) bond motifs is 1. The molecule has 1 N–H and O–H groups in total. The van der Waals surface area contributed by atoms with Gasteiger partial charge in [0.25, 0.3) is 5.91 Å². The lowest BCUT2D eigenvalue weighted by Gasteiger charge is -2.16. The van der Waals surface area contributed by atoms with E-state index in [2.05, 4.69) is 5.32 Å². The van der Waals surface area contributed by atoms with E-state index >= 15 is 0 Å². The zero-order valence-electron chi connectivity index (χ0n) is 18.3. The Kier molecular flexibility index (Phi) is 6.71. The minimum atomic E-state index is -0.572. The number of carbonyl (C=O) groups excluding carboxylic acids is 2. The number of benzene rings is 3. The summed E-state index contributed by atoms with van der Waals surface area (Å²) >= 11 is 6.17. The molecule has 166 valence electrons. The zero-order valence-corrected chi connectivity index (χ0v) is 19.1. The van der Waals surface area contributed by atoms with Crippen LogP contribution in [0.15, 0.2) is 78.9 Å². The minimum Gasteiger partial charge on any atom is -0.452 e. The predicted molar refractivity (Wildman–Crippen MR) is 130 cm³/mol. The number of hydrogen-bond donors (Lipinski definition) is 1. The molecule has 1 atom stereocenters. The van der Waals surface area contributed by atoms with Gasteiger partial charge in [-0.25, -0.2) is 9.78 Å². The van der Waals surface area contributed by atoms with Gasteiger partial charge in [0.05, 0.1) is 22.8 Å². The summed E-state index contributed by atoms with van der Waals surface area (Å²) in [5, 5.41) is 4.10. The second kappa shape index (κ2) is 9.84. The van der Waals surface area contributed by atoms with Crippen LogP contribution in [0.2, 0.25) is 5.02 Å². The quantitative estimate of drug-likeness (QED) is 0.365. The molecule has 1 amide bonds. The van der Waals surface area contributed by atoms with Gasteiger partial charge in [-0.05, 0) is 43.2 Å². The van der Waals surface area contributed by atoms with Crippen molar-refractivity contribution < 1.29 is 14.3 Å². The van der Waals surface area contributed by atoms with Crippen LogP contribution in [-0.4, -0.2) is 23.5 Å². The lowest BCUT2D eigenvalue weighted by molar-refractivity contribution is -0.124. The maximum Gasteiger partial charge on any atom is 0.339 e. The first-order valence-electron chi connectivity index (χ1n) is 10.6. The Balaban J connectivity index is 1.58. The van der Waals surface area contributed by atoms with E-state index in [9.17, 15) is 9.59 Å². The molecule has 6 heteroatoms. The summed E-state index contributed by atoms with van der Waals surface area (Å²) in [6.07, 6.45) is 0. The van der Waals surface area contributed by atoms with Gasteiger partial charge in [-0.3, -0.25) is 4.79 Å². The van der Waals surface area contributed by atoms with E-state index in [1.165, 1.54) is 0 Å². The molecule has 0 saturated carbocycles. The highest BCUT2D eigenvalue weighted by Gasteiger charge is 2.21. The Morgan fingerprint density at radius 2 is 1.73 bits per heavy atom. The van der Waals surface area contributed by atoms with E-state index in [4.69, 9.17) is 21.3 Å². The average molecular weight is 459 g/mol. The lowest BCUT2D eigenvalue weighted by atomic mass is 9.98. The van der Waals surface area contributed by atoms with Gasteiger partial charge < -0.3 is 10.1 Å². The first-order chi connectivity index (χ1) is 15.9. The van der Waals surface area contributed by atoms with Crippen LogP contribution in [0.25, 0.3) is 22.2 Å². The van der Waals surface area contributed by atoms with Crippen molar-refractivity contribution in [2.75, 3.05) is 6.61 Å². The molecule has 5 nitrogen and oxygen atoms in total. The Hall–Kier alpha value is -3.70. The van der Waals surface area contributed by atoms with Gasteiger partial charge in [0.15, 0.2) is 6.61 Å².